The SMILES string of the molecule is C[NH+]1CCN(C2=Cc3ccc(Cl)cc3Sc3ccc(F)cc32)CC1. The minimum atomic E-state index is -0.191. The summed E-state index contributed by atoms with van der Waals surface area (Å²) in [6, 6.07) is 11.0. The third kappa shape index (κ3) is 3.06. The number of quaternary nitrogens is 1. The summed E-state index contributed by atoms with van der Waals surface area (Å²) >= 11 is 7.84. The van der Waals surface area contributed by atoms with Crippen molar-refractivity contribution in [3.8, 4) is 0 Å². The number of nitrogens with zero attached hydrogens (tertiary/aromatic N) is 1. The molecule has 0 aromatic heterocycles. The molecule has 2 nitrogen and oxygen atoms in total. The first-order valence-corrected chi connectivity index (χ1v) is 9.35. The molecule has 1 N–H and O–H groups in total. The maximum Gasteiger partial charge on any atom is 0.123 e. The zero-order valence-corrected chi connectivity index (χ0v) is 15.1. The quantitative estimate of drug-likeness (QED) is 0.833. The van der Waals surface area contributed by atoms with Crippen molar-refractivity contribution in [3.05, 3.63) is 58.4 Å². The number of benzene rings is 2. The predicted molar refractivity (Wildman–Crippen MR) is 98.0 cm³/mol. The maximum absolute atomic E-state index is 13.9. The van der Waals surface area contributed by atoms with Crippen LogP contribution in [0.3, 0.4) is 0 Å². The Bertz CT molecular complexity index is 813. The third-order valence-electron chi connectivity index (χ3n) is 4.66. The number of hydrogen-bond donors (Lipinski definition) is 1. The number of hydrogen-bond acceptors (Lipinski definition) is 2. The van der Waals surface area contributed by atoms with Crippen LogP contribution in [0.4, 0.5) is 4.39 Å². The Labute approximate surface area is 150 Å². The van der Waals surface area contributed by atoms with E-state index in [9.17, 15) is 4.39 Å². The Hall–Kier alpha value is -1.49. The summed E-state index contributed by atoms with van der Waals surface area (Å²) in [7, 11) is 2.22. The van der Waals surface area contributed by atoms with Crippen LogP contribution in [0.25, 0.3) is 11.8 Å². The highest BCUT2D eigenvalue weighted by Gasteiger charge is 2.24. The molecule has 1 saturated heterocycles. The summed E-state index contributed by atoms with van der Waals surface area (Å²) in [5.41, 5.74) is 3.24. The number of halogens is 2. The molecule has 124 valence electrons. The average molecular weight is 362 g/mol. The molecular weight excluding hydrogens is 343 g/mol. The van der Waals surface area contributed by atoms with E-state index < -0.39 is 0 Å². The van der Waals surface area contributed by atoms with Gasteiger partial charge in [-0.05, 0) is 42.0 Å². The lowest BCUT2D eigenvalue weighted by Gasteiger charge is -2.33. The van der Waals surface area contributed by atoms with Gasteiger partial charge < -0.3 is 9.80 Å². The van der Waals surface area contributed by atoms with Crippen molar-refractivity contribution < 1.29 is 9.29 Å². The lowest BCUT2D eigenvalue weighted by Crippen LogP contribution is -3.11. The van der Waals surface area contributed by atoms with Gasteiger partial charge in [0, 0.05) is 26.1 Å². The molecule has 2 heterocycles. The van der Waals surface area contributed by atoms with E-state index in [2.05, 4.69) is 18.0 Å². The minimum Gasteiger partial charge on any atom is -0.360 e. The fourth-order valence-corrected chi connectivity index (χ4v) is 4.56. The molecule has 4 rings (SSSR count). The lowest BCUT2D eigenvalue weighted by atomic mass is 10.1. The van der Waals surface area contributed by atoms with Crippen LogP contribution in [0.15, 0.2) is 46.2 Å². The standard InChI is InChI=1S/C19H18ClFN2S/c1-22-6-8-23(9-7-22)17-10-13-2-3-14(20)11-19(13)24-18-5-4-15(21)12-16(17)18/h2-5,10-12H,6-9H2,1H3/p+1. The first kappa shape index (κ1) is 16.0. The zero-order chi connectivity index (χ0) is 16.7. The van der Waals surface area contributed by atoms with Crippen LogP contribution in [0.1, 0.15) is 11.1 Å². The molecule has 0 bridgehead atoms. The van der Waals surface area contributed by atoms with Crippen molar-refractivity contribution in [3.63, 3.8) is 0 Å². The highest BCUT2D eigenvalue weighted by Crippen LogP contribution is 2.42. The van der Waals surface area contributed by atoms with E-state index in [4.69, 9.17) is 11.6 Å². The second-order valence-electron chi connectivity index (χ2n) is 6.40. The second-order valence-corrected chi connectivity index (χ2v) is 7.92. The van der Waals surface area contributed by atoms with Crippen LogP contribution in [0.2, 0.25) is 5.02 Å². The van der Waals surface area contributed by atoms with Crippen molar-refractivity contribution in [2.24, 2.45) is 0 Å². The molecule has 0 saturated carbocycles. The van der Waals surface area contributed by atoms with Gasteiger partial charge in [-0.3, -0.25) is 0 Å². The molecule has 0 radical (unpaired) electrons. The summed E-state index contributed by atoms with van der Waals surface area (Å²) in [5, 5.41) is 0.727. The molecule has 2 aliphatic heterocycles. The van der Waals surface area contributed by atoms with Crippen molar-refractivity contribution in [2.45, 2.75) is 9.79 Å². The first-order chi connectivity index (χ1) is 11.6. The Balaban J connectivity index is 1.85. The Morgan fingerprint density at radius 3 is 2.67 bits per heavy atom. The molecule has 2 aliphatic rings. The van der Waals surface area contributed by atoms with Crippen LogP contribution in [-0.2, 0) is 0 Å². The summed E-state index contributed by atoms with van der Waals surface area (Å²) in [4.78, 5) is 6.12. The average Bonchev–Trinajstić information content (AvgIpc) is 2.72. The number of nitrogens with one attached hydrogen (secondary N) is 1. The molecule has 2 aromatic carbocycles. The highest BCUT2D eigenvalue weighted by molar-refractivity contribution is 7.99. The van der Waals surface area contributed by atoms with Crippen LogP contribution in [0.5, 0.6) is 0 Å². The molecule has 0 amide bonds. The minimum absolute atomic E-state index is 0.191. The van der Waals surface area contributed by atoms with Gasteiger partial charge in [-0.2, -0.15) is 0 Å². The topological polar surface area (TPSA) is 7.68 Å². The van der Waals surface area contributed by atoms with Crippen LogP contribution in [-0.4, -0.2) is 38.1 Å². The molecule has 0 unspecified atom stereocenters. The van der Waals surface area contributed by atoms with Crippen LogP contribution >= 0.6 is 23.4 Å². The number of rotatable bonds is 1. The van der Waals surface area contributed by atoms with E-state index in [0.717, 1.165) is 57.8 Å². The van der Waals surface area contributed by atoms with Gasteiger partial charge in [0.2, 0.25) is 0 Å². The smallest absolute Gasteiger partial charge is 0.123 e. The van der Waals surface area contributed by atoms with E-state index in [0.29, 0.717) is 0 Å². The van der Waals surface area contributed by atoms with Gasteiger partial charge in [-0.25, -0.2) is 4.39 Å². The molecular formula is C19H19ClFN2S+. The van der Waals surface area contributed by atoms with Gasteiger partial charge in [-0.15, -0.1) is 0 Å². The number of likely N-dealkylation sites (N-methyl/N-ethyl adjacent to an activating group) is 1. The van der Waals surface area contributed by atoms with Crippen LogP contribution < -0.4 is 4.90 Å². The van der Waals surface area contributed by atoms with E-state index in [1.165, 1.54) is 6.07 Å². The lowest BCUT2D eigenvalue weighted by molar-refractivity contribution is -0.883. The molecule has 2 aromatic rings. The van der Waals surface area contributed by atoms with Crippen molar-refractivity contribution in [2.75, 3.05) is 33.2 Å². The summed E-state index contributed by atoms with van der Waals surface area (Å²) in [5.74, 6) is -0.191. The molecule has 1 fully saturated rings. The Kier molecular flexibility index (Phi) is 4.29. The van der Waals surface area contributed by atoms with Gasteiger partial charge in [-0.1, -0.05) is 29.4 Å². The summed E-state index contributed by atoms with van der Waals surface area (Å²) < 4.78 is 13.9. The number of piperazine rings is 1. The molecule has 0 aliphatic carbocycles. The fraction of sp³-hybridized carbons (Fsp3) is 0.263. The highest BCUT2D eigenvalue weighted by atomic mass is 35.5. The largest absolute Gasteiger partial charge is 0.360 e. The van der Waals surface area contributed by atoms with E-state index in [1.54, 1.807) is 22.7 Å². The van der Waals surface area contributed by atoms with Gasteiger partial charge >= 0.3 is 0 Å². The van der Waals surface area contributed by atoms with Gasteiger partial charge in [0.15, 0.2) is 0 Å². The fourth-order valence-electron chi connectivity index (χ4n) is 3.24. The zero-order valence-electron chi connectivity index (χ0n) is 13.5. The summed E-state index contributed by atoms with van der Waals surface area (Å²) in [6.07, 6.45) is 2.19. The predicted octanol–water partition coefficient (Wildman–Crippen LogP) is 3.27. The molecule has 0 atom stereocenters. The first-order valence-electron chi connectivity index (χ1n) is 8.15. The maximum atomic E-state index is 13.9. The van der Waals surface area contributed by atoms with Crippen molar-refractivity contribution in [1.82, 2.24) is 4.90 Å². The van der Waals surface area contributed by atoms with E-state index >= 15 is 0 Å². The third-order valence-corrected chi connectivity index (χ3v) is 6.05. The van der Waals surface area contributed by atoms with E-state index in [1.807, 2.05) is 24.3 Å². The Morgan fingerprint density at radius 2 is 1.88 bits per heavy atom. The molecule has 5 heteroatoms. The second kappa shape index (κ2) is 6.43. The van der Waals surface area contributed by atoms with Gasteiger partial charge in [0.05, 0.1) is 33.2 Å². The molecule has 0 spiro atoms. The van der Waals surface area contributed by atoms with Crippen molar-refractivity contribution in [1.29, 1.82) is 0 Å². The van der Waals surface area contributed by atoms with Crippen molar-refractivity contribution >= 4 is 35.1 Å². The van der Waals surface area contributed by atoms with Gasteiger partial charge in [0.25, 0.3) is 0 Å². The van der Waals surface area contributed by atoms with E-state index in [-0.39, 0.29) is 5.82 Å². The summed E-state index contributed by atoms with van der Waals surface area (Å²) in [6.45, 7) is 4.17. The van der Waals surface area contributed by atoms with Crippen LogP contribution in [0, 0.1) is 5.82 Å². The number of fused-ring (bicyclic) bond motifs is 2. The molecule has 24 heavy (non-hydrogen) atoms. The monoisotopic (exact) mass is 361 g/mol. The normalized spacial score (nSPS) is 17.8. The Morgan fingerprint density at radius 1 is 1.08 bits per heavy atom. The van der Waals surface area contributed by atoms with Gasteiger partial charge in [0.1, 0.15) is 5.82 Å².